The second-order valence-corrected chi connectivity index (χ2v) is 5.36. The first-order valence-electron chi connectivity index (χ1n) is 8.34. The van der Waals surface area contributed by atoms with Crippen molar-refractivity contribution >= 4 is 23.8 Å². The average Bonchev–Trinajstić information content (AvgIpc) is 3.33. The molecule has 5 nitrogen and oxygen atoms in total. The molecule has 0 amide bonds. The summed E-state index contributed by atoms with van der Waals surface area (Å²) in [6.07, 6.45) is 6.41. The molecule has 140 valence electrons. The normalized spacial score (nSPS) is 10.3. The minimum Gasteiger partial charge on any atom is -0.432 e. The molecule has 0 fully saturated rings. The number of hydrogen-bond acceptors (Lipinski definition) is 4. The zero-order valence-corrected chi connectivity index (χ0v) is 17.1. The number of aliphatic imine (C=N–C) groups is 2. The van der Waals surface area contributed by atoms with Crippen LogP contribution in [0, 0.1) is 6.07 Å². The fraction of sp³-hybridized carbons (Fsp3) is 0. The summed E-state index contributed by atoms with van der Waals surface area (Å²) in [5.74, 6) is 0. The van der Waals surface area contributed by atoms with Gasteiger partial charge in [0.25, 0.3) is 0 Å². The van der Waals surface area contributed by atoms with Gasteiger partial charge in [0.05, 0.1) is 11.4 Å². The van der Waals surface area contributed by atoms with Crippen molar-refractivity contribution in [3.05, 3.63) is 109 Å². The van der Waals surface area contributed by atoms with E-state index in [1.54, 1.807) is 0 Å². The molecule has 3 aromatic carbocycles. The van der Waals surface area contributed by atoms with E-state index in [4.69, 9.17) is 0 Å². The zero-order chi connectivity index (χ0) is 18.6. The van der Waals surface area contributed by atoms with Crippen LogP contribution in [0.25, 0.3) is 0 Å². The Morgan fingerprint density at radius 2 is 1.25 bits per heavy atom. The van der Waals surface area contributed by atoms with Crippen LogP contribution >= 0.6 is 0 Å². The van der Waals surface area contributed by atoms with Crippen molar-refractivity contribution in [2.24, 2.45) is 9.98 Å². The molecule has 0 bridgehead atoms. The Morgan fingerprint density at radius 3 is 1.64 bits per heavy atom. The minimum absolute atomic E-state index is 0. The Balaban J connectivity index is 0.000000408. The van der Waals surface area contributed by atoms with Crippen LogP contribution in [0.2, 0.25) is 0 Å². The molecule has 1 heterocycles. The Kier molecular flexibility index (Phi) is 9.25. The van der Waals surface area contributed by atoms with E-state index in [9.17, 15) is 0 Å². The second-order valence-electron chi connectivity index (χ2n) is 5.36. The molecule has 0 N–H and O–H groups in total. The molecule has 4 aromatic rings. The molecule has 0 aliphatic rings. The number of rotatable bonds is 4. The van der Waals surface area contributed by atoms with Crippen LogP contribution in [0.3, 0.4) is 0 Å². The number of nitrogens with zero attached hydrogens (tertiary/aromatic N) is 5. The van der Waals surface area contributed by atoms with Crippen LogP contribution in [0.15, 0.2) is 102 Å². The van der Waals surface area contributed by atoms with Gasteiger partial charge in [0, 0.05) is 6.33 Å². The van der Waals surface area contributed by atoms with E-state index >= 15 is 0 Å². The van der Waals surface area contributed by atoms with E-state index in [-0.39, 0.29) is 21.1 Å². The molecule has 0 aliphatic heterocycles. The van der Waals surface area contributed by atoms with Gasteiger partial charge in [-0.3, -0.25) is 15.1 Å². The summed E-state index contributed by atoms with van der Waals surface area (Å²) in [4.78, 5) is 12.4. The quantitative estimate of drug-likeness (QED) is 0.281. The predicted octanol–water partition coefficient (Wildman–Crippen LogP) is 4.42. The maximum absolute atomic E-state index is 4.44. The summed E-state index contributed by atoms with van der Waals surface area (Å²) in [7, 11) is 0. The average molecular weight is 546 g/mol. The molecule has 0 saturated heterocycles. The molecule has 28 heavy (non-hydrogen) atoms. The van der Waals surface area contributed by atoms with Crippen molar-refractivity contribution in [2.45, 2.75) is 0 Å². The molecule has 1 aromatic heterocycles. The van der Waals surface area contributed by atoms with Gasteiger partial charge in [0.1, 0.15) is 0 Å². The van der Waals surface area contributed by atoms with Gasteiger partial charge >= 0.3 is 21.1 Å². The molecule has 0 radical (unpaired) electrons. The SMILES string of the molecule is [Pt+2].[c-]1c(C=Nc2ccccc2)cccc1C=Nc1ccccc1.c1nc[n-]n1. The molecule has 0 atom stereocenters. The predicted molar refractivity (Wildman–Crippen MR) is 108 cm³/mol. The molecule has 0 saturated carbocycles. The molecule has 4 rings (SSSR count). The Morgan fingerprint density at radius 1 is 0.714 bits per heavy atom. The van der Waals surface area contributed by atoms with Crippen LogP contribution in [0.4, 0.5) is 11.4 Å². The molecular weight excluding hydrogens is 529 g/mol. The first-order chi connectivity index (χ1) is 13.4. The van der Waals surface area contributed by atoms with Gasteiger partial charge in [0.15, 0.2) is 0 Å². The maximum Gasteiger partial charge on any atom is 2.00 e. The van der Waals surface area contributed by atoms with E-state index in [2.05, 4.69) is 31.2 Å². The zero-order valence-electron chi connectivity index (χ0n) is 14.9. The van der Waals surface area contributed by atoms with Crippen molar-refractivity contribution in [3.63, 3.8) is 0 Å². The molecule has 0 unspecified atom stereocenters. The van der Waals surface area contributed by atoms with Crippen molar-refractivity contribution in [2.75, 3.05) is 0 Å². The number of benzene rings is 3. The smallest absolute Gasteiger partial charge is 0.432 e. The summed E-state index contributed by atoms with van der Waals surface area (Å²) >= 11 is 0. The van der Waals surface area contributed by atoms with Crippen LogP contribution in [-0.2, 0) is 21.1 Å². The second kappa shape index (κ2) is 12.3. The number of hydrogen-bond donors (Lipinski definition) is 0. The van der Waals surface area contributed by atoms with Crippen molar-refractivity contribution in [1.29, 1.82) is 0 Å². The van der Waals surface area contributed by atoms with E-state index in [1.165, 1.54) is 12.7 Å². The van der Waals surface area contributed by atoms with Gasteiger partial charge in [-0.05, 0) is 36.7 Å². The van der Waals surface area contributed by atoms with Crippen LogP contribution in [0.5, 0.6) is 0 Å². The van der Waals surface area contributed by atoms with Crippen molar-refractivity contribution in [1.82, 2.24) is 15.2 Å². The van der Waals surface area contributed by atoms with Gasteiger partial charge in [-0.25, -0.2) is 0 Å². The van der Waals surface area contributed by atoms with Gasteiger partial charge in [-0.1, -0.05) is 42.7 Å². The van der Waals surface area contributed by atoms with E-state index in [0.29, 0.717) is 0 Å². The minimum atomic E-state index is 0. The summed E-state index contributed by atoms with van der Waals surface area (Å²) in [5.41, 5.74) is 3.72. The Bertz CT molecular complexity index is 886. The third kappa shape index (κ3) is 7.60. The van der Waals surface area contributed by atoms with Gasteiger partial charge in [0.2, 0.25) is 0 Å². The van der Waals surface area contributed by atoms with Crippen LogP contribution < -0.4 is 5.10 Å². The van der Waals surface area contributed by atoms with Gasteiger partial charge in [-0.15, -0.1) is 35.4 Å². The number of para-hydroxylation sites is 2. The summed E-state index contributed by atoms with van der Waals surface area (Å²) in [5, 5.41) is 6.72. The first-order valence-corrected chi connectivity index (χ1v) is 8.34. The fourth-order valence-electron chi connectivity index (χ4n) is 2.12. The summed E-state index contributed by atoms with van der Waals surface area (Å²) in [6, 6.07) is 28.9. The maximum atomic E-state index is 4.44. The van der Waals surface area contributed by atoms with Gasteiger partial charge in [-0.2, -0.15) is 0 Å². The van der Waals surface area contributed by atoms with Crippen LogP contribution in [-0.4, -0.2) is 22.5 Å². The van der Waals surface area contributed by atoms with E-state index in [1.807, 2.05) is 91.3 Å². The Hall–Kier alpha value is -3.17. The molecule has 0 spiro atoms. The summed E-state index contributed by atoms with van der Waals surface area (Å²) < 4.78 is 0. The molecule has 6 heteroatoms. The topological polar surface area (TPSA) is 64.6 Å². The third-order valence-electron chi connectivity index (χ3n) is 3.36. The molecule has 0 aliphatic carbocycles. The van der Waals surface area contributed by atoms with Crippen molar-refractivity contribution < 1.29 is 21.1 Å². The largest absolute Gasteiger partial charge is 2.00 e. The third-order valence-corrected chi connectivity index (χ3v) is 3.36. The number of aromatic nitrogens is 3. The van der Waals surface area contributed by atoms with E-state index in [0.717, 1.165) is 22.5 Å². The first kappa shape index (κ1) is 21.1. The van der Waals surface area contributed by atoms with Gasteiger partial charge < -0.3 is 10.1 Å². The summed E-state index contributed by atoms with van der Waals surface area (Å²) in [6.45, 7) is 0. The fourth-order valence-corrected chi connectivity index (χ4v) is 2.12. The standard InChI is InChI=1S/C20H15N2.C2H2N3.Pt/c1-3-10-19(11-4-1)21-15-17-8-7-9-18(14-17)16-22-20-12-5-2-6-13-20;1-3-2-5-4-1;/h1-13,15-16H;1-2H;/q2*-1;+2. The van der Waals surface area contributed by atoms with E-state index < -0.39 is 0 Å². The molecular formula is C22H17N5Pt. The Labute approximate surface area is 178 Å². The van der Waals surface area contributed by atoms with Crippen molar-refractivity contribution in [3.8, 4) is 0 Å². The monoisotopic (exact) mass is 546 g/mol. The van der Waals surface area contributed by atoms with Crippen LogP contribution in [0.1, 0.15) is 11.1 Å².